The first-order chi connectivity index (χ1) is 15.4. The van der Waals surface area contributed by atoms with Gasteiger partial charge in [-0.1, -0.05) is 23.7 Å². The van der Waals surface area contributed by atoms with Crippen molar-refractivity contribution < 1.29 is 28.1 Å². The van der Waals surface area contributed by atoms with Crippen molar-refractivity contribution in [3.63, 3.8) is 0 Å². The topological polar surface area (TPSA) is 54.0 Å². The van der Waals surface area contributed by atoms with Crippen LogP contribution in [0.2, 0.25) is 5.02 Å². The summed E-state index contributed by atoms with van der Waals surface area (Å²) >= 11 is 6.06. The van der Waals surface area contributed by atoms with Crippen molar-refractivity contribution in [1.29, 1.82) is 0 Å². The molecule has 1 aliphatic heterocycles. The first-order valence-corrected chi connectivity index (χ1v) is 10.2. The molecule has 3 aromatic carbocycles. The Kier molecular flexibility index (Phi) is 6.06. The van der Waals surface area contributed by atoms with Gasteiger partial charge in [-0.3, -0.25) is 4.79 Å². The summed E-state index contributed by atoms with van der Waals surface area (Å²) in [6.07, 6.45) is 1.64. The van der Waals surface area contributed by atoms with Crippen LogP contribution in [0, 0.1) is 12.7 Å². The Morgan fingerprint density at radius 1 is 1.06 bits per heavy atom. The molecule has 7 heteroatoms. The predicted octanol–water partition coefficient (Wildman–Crippen LogP) is 6.00. The van der Waals surface area contributed by atoms with Crippen LogP contribution in [0.15, 0.2) is 54.3 Å². The maximum absolute atomic E-state index is 14.0. The highest BCUT2D eigenvalue weighted by Gasteiger charge is 2.30. The van der Waals surface area contributed by atoms with Gasteiger partial charge in [-0.25, -0.2) is 4.39 Å². The van der Waals surface area contributed by atoms with Crippen LogP contribution in [-0.2, 0) is 6.61 Å². The molecule has 164 valence electrons. The Morgan fingerprint density at radius 2 is 1.84 bits per heavy atom. The highest BCUT2D eigenvalue weighted by atomic mass is 35.5. The second kappa shape index (κ2) is 8.93. The zero-order valence-electron chi connectivity index (χ0n) is 17.7. The van der Waals surface area contributed by atoms with Crippen molar-refractivity contribution in [2.45, 2.75) is 13.5 Å². The molecule has 0 unspecified atom stereocenters. The van der Waals surface area contributed by atoms with Crippen molar-refractivity contribution in [2.24, 2.45) is 0 Å². The lowest BCUT2D eigenvalue weighted by Gasteiger charge is -2.11. The quantitative estimate of drug-likeness (QED) is 0.427. The second-order valence-corrected chi connectivity index (χ2v) is 7.56. The molecule has 0 spiro atoms. The lowest BCUT2D eigenvalue weighted by atomic mass is 10.0. The molecule has 4 rings (SSSR count). The van der Waals surface area contributed by atoms with E-state index in [0.29, 0.717) is 34.1 Å². The largest absolute Gasteiger partial charge is 0.493 e. The van der Waals surface area contributed by atoms with Crippen molar-refractivity contribution in [1.82, 2.24) is 0 Å². The Hall–Kier alpha value is -3.51. The average molecular weight is 455 g/mol. The third-order valence-electron chi connectivity index (χ3n) is 5.09. The minimum absolute atomic E-state index is 0.0496. The number of carbonyl (C=O) groups is 1. The van der Waals surface area contributed by atoms with E-state index in [4.69, 9.17) is 30.5 Å². The van der Waals surface area contributed by atoms with E-state index < -0.39 is 5.82 Å². The fourth-order valence-electron chi connectivity index (χ4n) is 3.48. The van der Waals surface area contributed by atoms with Crippen LogP contribution in [0.25, 0.3) is 6.08 Å². The molecule has 0 aliphatic carbocycles. The molecule has 1 aliphatic rings. The van der Waals surface area contributed by atoms with Crippen molar-refractivity contribution >= 4 is 23.5 Å². The number of ether oxygens (including phenoxy) is 4. The molecule has 0 saturated carbocycles. The summed E-state index contributed by atoms with van der Waals surface area (Å²) in [5, 5.41) is 0.287. The van der Waals surface area contributed by atoms with E-state index in [-0.39, 0.29) is 28.7 Å². The molecule has 3 aromatic rings. The van der Waals surface area contributed by atoms with E-state index in [0.717, 1.165) is 5.56 Å². The van der Waals surface area contributed by atoms with E-state index in [1.54, 1.807) is 63.6 Å². The van der Waals surface area contributed by atoms with Crippen LogP contribution < -0.4 is 18.9 Å². The zero-order chi connectivity index (χ0) is 22.8. The zero-order valence-corrected chi connectivity index (χ0v) is 18.5. The summed E-state index contributed by atoms with van der Waals surface area (Å²) in [5.74, 6) is 1.48. The van der Waals surface area contributed by atoms with E-state index >= 15 is 0 Å². The molecule has 0 atom stereocenters. The highest BCUT2D eigenvalue weighted by molar-refractivity contribution is 6.31. The number of hydrogen-bond acceptors (Lipinski definition) is 5. The van der Waals surface area contributed by atoms with Crippen molar-refractivity contribution in [3.8, 4) is 23.0 Å². The average Bonchev–Trinajstić information content (AvgIpc) is 3.08. The molecule has 0 fully saturated rings. The van der Waals surface area contributed by atoms with Crippen LogP contribution in [-0.4, -0.2) is 20.0 Å². The van der Waals surface area contributed by atoms with E-state index in [2.05, 4.69) is 0 Å². The van der Waals surface area contributed by atoms with Crippen LogP contribution in [0.1, 0.15) is 27.0 Å². The number of benzene rings is 3. The third-order valence-corrected chi connectivity index (χ3v) is 5.45. The van der Waals surface area contributed by atoms with Crippen molar-refractivity contribution in [3.05, 3.63) is 87.4 Å². The number of Topliss-reactive ketones (excluding diaryl/α,β-unsaturated/α-hetero) is 1. The molecule has 1 heterocycles. The molecular weight excluding hydrogens is 435 g/mol. The number of ketones is 1. The Bertz CT molecular complexity index is 1210. The second-order valence-electron chi connectivity index (χ2n) is 7.16. The Balaban J connectivity index is 1.59. The normalized spacial score (nSPS) is 13.7. The summed E-state index contributed by atoms with van der Waals surface area (Å²) < 4.78 is 36.1. The summed E-state index contributed by atoms with van der Waals surface area (Å²) in [5.41, 5.74) is 2.14. The standard InChI is InChI=1S/C25H20ClFO5/c1-14-9-16(31-13-17-18(26)5-4-6-19(17)27)12-22-24(14)25(28)23(32-22)11-15-7-8-20(29-2)21(10-15)30-3/h4-12H,13H2,1-3H3/b23-11-. The first-order valence-electron chi connectivity index (χ1n) is 9.78. The summed E-state index contributed by atoms with van der Waals surface area (Å²) in [6, 6.07) is 13.1. The minimum Gasteiger partial charge on any atom is -0.493 e. The number of allylic oxidation sites excluding steroid dienone is 1. The van der Waals surface area contributed by atoms with Gasteiger partial charge in [0.25, 0.3) is 0 Å². The first kappa shape index (κ1) is 21.7. The van der Waals surface area contributed by atoms with Crippen LogP contribution in [0.3, 0.4) is 0 Å². The predicted molar refractivity (Wildman–Crippen MR) is 119 cm³/mol. The number of methoxy groups -OCH3 is 2. The molecule has 5 nitrogen and oxygen atoms in total. The molecule has 0 radical (unpaired) electrons. The highest BCUT2D eigenvalue weighted by Crippen LogP contribution is 2.38. The van der Waals surface area contributed by atoms with Gasteiger partial charge < -0.3 is 18.9 Å². The minimum atomic E-state index is -0.443. The van der Waals surface area contributed by atoms with Gasteiger partial charge in [-0.2, -0.15) is 0 Å². The fraction of sp³-hybridized carbons (Fsp3) is 0.160. The SMILES string of the molecule is COc1ccc(/C=C2\Oc3cc(OCc4c(F)cccc4Cl)cc(C)c3C2=O)cc1OC. The molecule has 32 heavy (non-hydrogen) atoms. The van der Waals surface area contributed by atoms with E-state index in [1.807, 2.05) is 0 Å². The number of rotatable bonds is 6. The van der Waals surface area contributed by atoms with E-state index in [1.165, 1.54) is 12.1 Å². The number of fused-ring (bicyclic) bond motifs is 1. The van der Waals surface area contributed by atoms with Crippen LogP contribution >= 0.6 is 11.6 Å². The van der Waals surface area contributed by atoms with Gasteiger partial charge >= 0.3 is 0 Å². The maximum atomic E-state index is 14.0. The number of aryl methyl sites for hydroxylation is 1. The summed E-state index contributed by atoms with van der Waals surface area (Å²) in [7, 11) is 3.10. The monoisotopic (exact) mass is 454 g/mol. The van der Waals surface area contributed by atoms with Gasteiger partial charge in [0, 0.05) is 11.6 Å². The molecule has 0 bridgehead atoms. The summed E-state index contributed by atoms with van der Waals surface area (Å²) in [4.78, 5) is 12.9. The molecule has 0 amide bonds. The number of halogens is 2. The van der Waals surface area contributed by atoms with Crippen molar-refractivity contribution in [2.75, 3.05) is 14.2 Å². The maximum Gasteiger partial charge on any atom is 0.232 e. The number of hydrogen-bond donors (Lipinski definition) is 0. The molecule has 0 N–H and O–H groups in total. The van der Waals surface area contributed by atoms with Gasteiger partial charge in [0.15, 0.2) is 17.3 Å². The smallest absolute Gasteiger partial charge is 0.232 e. The Morgan fingerprint density at radius 3 is 2.56 bits per heavy atom. The third kappa shape index (κ3) is 4.14. The molecule has 0 aromatic heterocycles. The lowest BCUT2D eigenvalue weighted by Crippen LogP contribution is -2.01. The molecular formula is C25H20ClFO5. The fourth-order valence-corrected chi connectivity index (χ4v) is 3.70. The van der Waals surface area contributed by atoms with Gasteiger partial charge in [-0.05, 0) is 54.5 Å². The van der Waals surface area contributed by atoms with Gasteiger partial charge in [0.05, 0.1) is 24.8 Å². The summed E-state index contributed by atoms with van der Waals surface area (Å²) in [6.45, 7) is 1.74. The van der Waals surface area contributed by atoms with Crippen LogP contribution in [0.4, 0.5) is 4.39 Å². The Labute approximate surface area is 189 Å². The van der Waals surface area contributed by atoms with E-state index in [9.17, 15) is 9.18 Å². The van der Waals surface area contributed by atoms with Gasteiger partial charge in [0.2, 0.25) is 5.78 Å². The van der Waals surface area contributed by atoms with Gasteiger partial charge in [-0.15, -0.1) is 0 Å². The lowest BCUT2D eigenvalue weighted by molar-refractivity contribution is 0.101. The van der Waals surface area contributed by atoms with Crippen LogP contribution in [0.5, 0.6) is 23.0 Å². The number of carbonyl (C=O) groups excluding carboxylic acids is 1. The van der Waals surface area contributed by atoms with Gasteiger partial charge in [0.1, 0.15) is 23.9 Å². The molecule has 0 saturated heterocycles.